The van der Waals surface area contributed by atoms with Crippen molar-refractivity contribution in [1.29, 1.82) is 0 Å². The molecule has 0 aliphatic carbocycles. The van der Waals surface area contributed by atoms with Gasteiger partial charge in [0.05, 0.1) is 0 Å². The molecule has 2 nitrogen and oxygen atoms in total. The Labute approximate surface area is 62.6 Å². The normalized spacial score (nSPS) is 13.7. The maximum atomic E-state index is 10.8. The molecule has 0 aromatic carbocycles. The molecule has 0 aromatic heterocycles. The molecular formula is C8H16O2. The highest BCUT2D eigenvalue weighted by Crippen LogP contribution is 2.07. The Balaban J connectivity index is 3.72. The maximum absolute atomic E-state index is 10.8. The van der Waals surface area contributed by atoms with Gasteiger partial charge in [0.15, 0.2) is 5.78 Å². The fourth-order valence-corrected chi connectivity index (χ4v) is 0.856. The van der Waals surface area contributed by atoms with E-state index in [9.17, 15) is 4.79 Å². The van der Waals surface area contributed by atoms with Gasteiger partial charge in [-0.25, -0.2) is 0 Å². The lowest BCUT2D eigenvalue weighted by molar-refractivity contribution is -0.127. The van der Waals surface area contributed by atoms with Crippen molar-refractivity contribution in [3.05, 3.63) is 0 Å². The minimum atomic E-state index is -0.194. The lowest BCUT2D eigenvalue weighted by Gasteiger charge is -2.13. The SMILES string of the molecule is CO[C@H](CC(C)C)C(C)=O. The third kappa shape index (κ3) is 3.62. The molecule has 0 heterocycles. The van der Waals surface area contributed by atoms with Crippen LogP contribution in [0.1, 0.15) is 27.2 Å². The number of carbonyl (C=O) groups excluding carboxylic acids is 1. The van der Waals surface area contributed by atoms with Gasteiger partial charge in [-0.3, -0.25) is 4.79 Å². The summed E-state index contributed by atoms with van der Waals surface area (Å²) in [5.74, 6) is 0.644. The number of hydrogen-bond acceptors (Lipinski definition) is 2. The van der Waals surface area contributed by atoms with Crippen molar-refractivity contribution in [3.8, 4) is 0 Å². The maximum Gasteiger partial charge on any atom is 0.158 e. The van der Waals surface area contributed by atoms with Crippen molar-refractivity contribution < 1.29 is 9.53 Å². The highest BCUT2D eigenvalue weighted by atomic mass is 16.5. The van der Waals surface area contributed by atoms with E-state index in [1.807, 2.05) is 0 Å². The van der Waals surface area contributed by atoms with Gasteiger partial charge < -0.3 is 4.74 Å². The second kappa shape index (κ2) is 4.45. The number of ketones is 1. The summed E-state index contributed by atoms with van der Waals surface area (Å²) in [5, 5.41) is 0. The number of Topliss-reactive ketones (excluding diaryl/α,β-unsaturated/α-hetero) is 1. The fourth-order valence-electron chi connectivity index (χ4n) is 0.856. The Morgan fingerprint density at radius 2 is 2.00 bits per heavy atom. The first-order chi connectivity index (χ1) is 4.57. The third-order valence-electron chi connectivity index (χ3n) is 1.42. The van der Waals surface area contributed by atoms with E-state index >= 15 is 0 Å². The van der Waals surface area contributed by atoms with Gasteiger partial charge in [0.1, 0.15) is 6.10 Å². The summed E-state index contributed by atoms with van der Waals surface area (Å²) in [4.78, 5) is 10.8. The van der Waals surface area contributed by atoms with Crippen LogP contribution in [0.2, 0.25) is 0 Å². The molecule has 0 rings (SSSR count). The van der Waals surface area contributed by atoms with Crippen molar-refractivity contribution >= 4 is 5.78 Å². The predicted molar refractivity (Wildman–Crippen MR) is 40.9 cm³/mol. The van der Waals surface area contributed by atoms with Gasteiger partial charge >= 0.3 is 0 Å². The molecule has 0 fully saturated rings. The van der Waals surface area contributed by atoms with Gasteiger partial charge in [0.25, 0.3) is 0 Å². The van der Waals surface area contributed by atoms with E-state index in [1.165, 1.54) is 0 Å². The van der Waals surface area contributed by atoms with Crippen LogP contribution < -0.4 is 0 Å². The third-order valence-corrected chi connectivity index (χ3v) is 1.42. The molecule has 0 amide bonds. The highest BCUT2D eigenvalue weighted by Gasteiger charge is 2.13. The summed E-state index contributed by atoms with van der Waals surface area (Å²) in [6, 6.07) is 0. The summed E-state index contributed by atoms with van der Waals surface area (Å²) in [7, 11) is 1.58. The Morgan fingerprint density at radius 1 is 1.50 bits per heavy atom. The minimum absolute atomic E-state index is 0.121. The van der Waals surface area contributed by atoms with Crippen molar-refractivity contribution in [1.82, 2.24) is 0 Å². The molecule has 0 spiro atoms. The summed E-state index contributed by atoms with van der Waals surface area (Å²) in [6.45, 7) is 5.72. The van der Waals surface area contributed by atoms with Crippen molar-refractivity contribution in [3.63, 3.8) is 0 Å². The zero-order valence-electron chi connectivity index (χ0n) is 7.18. The Hall–Kier alpha value is -0.370. The zero-order valence-corrected chi connectivity index (χ0v) is 7.18. The van der Waals surface area contributed by atoms with Gasteiger partial charge in [-0.05, 0) is 19.3 Å². The molecule has 1 atom stereocenters. The quantitative estimate of drug-likeness (QED) is 0.599. The molecule has 0 aromatic rings. The lowest BCUT2D eigenvalue weighted by atomic mass is 10.0. The van der Waals surface area contributed by atoms with Crippen LogP contribution in [0.15, 0.2) is 0 Å². The Kier molecular flexibility index (Phi) is 4.28. The monoisotopic (exact) mass is 144 g/mol. The molecule has 2 heteroatoms. The molecule has 60 valence electrons. The topological polar surface area (TPSA) is 26.3 Å². The smallest absolute Gasteiger partial charge is 0.158 e. The second-order valence-electron chi connectivity index (χ2n) is 2.96. The van der Waals surface area contributed by atoms with E-state index in [4.69, 9.17) is 4.74 Å². The van der Waals surface area contributed by atoms with E-state index in [0.29, 0.717) is 5.92 Å². The van der Waals surface area contributed by atoms with Crippen LogP contribution in [-0.2, 0) is 9.53 Å². The van der Waals surface area contributed by atoms with Crippen molar-refractivity contribution in [2.45, 2.75) is 33.3 Å². The lowest BCUT2D eigenvalue weighted by Crippen LogP contribution is -2.21. The van der Waals surface area contributed by atoms with Crippen molar-refractivity contribution in [2.24, 2.45) is 5.92 Å². The van der Waals surface area contributed by atoms with Crippen LogP contribution in [0.3, 0.4) is 0 Å². The molecule has 0 saturated carbocycles. The van der Waals surface area contributed by atoms with Gasteiger partial charge in [-0.15, -0.1) is 0 Å². The number of methoxy groups -OCH3 is 1. The summed E-state index contributed by atoms with van der Waals surface area (Å²) >= 11 is 0. The minimum Gasteiger partial charge on any atom is -0.374 e. The number of carbonyl (C=O) groups is 1. The Morgan fingerprint density at radius 3 is 2.10 bits per heavy atom. The molecule has 0 saturated heterocycles. The molecule has 0 aliphatic rings. The van der Waals surface area contributed by atoms with Gasteiger partial charge in [0, 0.05) is 7.11 Å². The van der Waals surface area contributed by atoms with Crippen LogP contribution >= 0.6 is 0 Å². The van der Waals surface area contributed by atoms with Crippen LogP contribution in [0.4, 0.5) is 0 Å². The van der Waals surface area contributed by atoms with Crippen LogP contribution in [0.25, 0.3) is 0 Å². The van der Waals surface area contributed by atoms with Crippen LogP contribution in [0.5, 0.6) is 0 Å². The number of hydrogen-bond donors (Lipinski definition) is 0. The van der Waals surface area contributed by atoms with E-state index in [1.54, 1.807) is 14.0 Å². The second-order valence-corrected chi connectivity index (χ2v) is 2.96. The highest BCUT2D eigenvalue weighted by molar-refractivity contribution is 5.80. The van der Waals surface area contributed by atoms with Gasteiger partial charge in [-0.2, -0.15) is 0 Å². The van der Waals surface area contributed by atoms with Gasteiger partial charge in [-0.1, -0.05) is 13.8 Å². The summed E-state index contributed by atoms with van der Waals surface area (Å²) in [5.41, 5.74) is 0. The van der Waals surface area contributed by atoms with Crippen LogP contribution in [-0.4, -0.2) is 19.0 Å². The molecule has 0 aliphatic heterocycles. The first-order valence-electron chi connectivity index (χ1n) is 3.61. The molecular weight excluding hydrogens is 128 g/mol. The van der Waals surface area contributed by atoms with E-state index in [2.05, 4.69) is 13.8 Å². The average molecular weight is 144 g/mol. The standard InChI is InChI=1S/C8H16O2/c1-6(2)5-8(10-4)7(3)9/h6,8H,5H2,1-4H3/t8-/m1/s1. The zero-order chi connectivity index (χ0) is 8.15. The molecule has 0 bridgehead atoms. The molecule has 0 radical (unpaired) electrons. The summed E-state index contributed by atoms with van der Waals surface area (Å²) in [6.07, 6.45) is 0.631. The van der Waals surface area contributed by atoms with E-state index in [0.717, 1.165) is 6.42 Å². The Bertz CT molecular complexity index is 108. The molecule has 0 N–H and O–H groups in total. The summed E-state index contributed by atoms with van der Waals surface area (Å²) < 4.78 is 4.97. The average Bonchev–Trinajstić information content (AvgIpc) is 1.81. The van der Waals surface area contributed by atoms with E-state index < -0.39 is 0 Å². The fraction of sp³-hybridized carbons (Fsp3) is 0.875. The largest absolute Gasteiger partial charge is 0.374 e. The van der Waals surface area contributed by atoms with Gasteiger partial charge in [0.2, 0.25) is 0 Å². The first kappa shape index (κ1) is 9.63. The molecule has 0 unspecified atom stereocenters. The molecule has 10 heavy (non-hydrogen) atoms. The first-order valence-corrected chi connectivity index (χ1v) is 3.61. The van der Waals surface area contributed by atoms with Crippen LogP contribution in [0, 0.1) is 5.92 Å². The predicted octanol–water partition coefficient (Wildman–Crippen LogP) is 1.64. The number of rotatable bonds is 4. The van der Waals surface area contributed by atoms with Crippen molar-refractivity contribution in [2.75, 3.05) is 7.11 Å². The number of ether oxygens (including phenoxy) is 1. The van der Waals surface area contributed by atoms with E-state index in [-0.39, 0.29) is 11.9 Å².